The number of hydrogen-bond donors (Lipinski definition) is 1. The molecule has 6 heteroatoms. The minimum Gasteiger partial charge on any atom is -0.285 e. The number of amides is 1. The maximum Gasteiger partial charge on any atom is 0.280 e. The second-order valence-electron chi connectivity index (χ2n) is 5.54. The van der Waals surface area contributed by atoms with Gasteiger partial charge in [-0.15, -0.1) is 0 Å². The number of nitrogens with one attached hydrogen (secondary N) is 1. The molecule has 1 heterocycles. The Morgan fingerprint density at radius 1 is 1.04 bits per heavy atom. The molecule has 3 rings (SSSR count). The molecule has 1 amide bonds. The van der Waals surface area contributed by atoms with E-state index in [1.807, 2.05) is 50.4 Å². The van der Waals surface area contributed by atoms with Crippen molar-refractivity contribution >= 4 is 12.1 Å². The maximum absolute atomic E-state index is 12.7. The van der Waals surface area contributed by atoms with Gasteiger partial charge < -0.3 is 0 Å². The number of rotatable bonds is 4. The van der Waals surface area contributed by atoms with E-state index in [-0.39, 0.29) is 11.5 Å². The molecule has 25 heavy (non-hydrogen) atoms. The molecule has 0 radical (unpaired) electrons. The first-order chi connectivity index (χ1) is 12.1. The van der Waals surface area contributed by atoms with Gasteiger partial charge in [0.25, 0.3) is 11.5 Å². The Hall–Kier alpha value is -3.41. The second-order valence-corrected chi connectivity index (χ2v) is 5.54. The van der Waals surface area contributed by atoms with Crippen molar-refractivity contribution in [2.24, 2.45) is 12.1 Å². The van der Waals surface area contributed by atoms with E-state index >= 15 is 0 Å². The van der Waals surface area contributed by atoms with Gasteiger partial charge in [-0.2, -0.15) is 5.10 Å². The Morgan fingerprint density at radius 3 is 2.28 bits per heavy atom. The van der Waals surface area contributed by atoms with Gasteiger partial charge in [0.15, 0.2) is 0 Å². The number of hydrogen-bond acceptors (Lipinski definition) is 3. The van der Waals surface area contributed by atoms with Crippen LogP contribution < -0.4 is 11.0 Å². The highest BCUT2D eigenvalue weighted by Gasteiger charge is 2.14. The predicted molar refractivity (Wildman–Crippen MR) is 97.2 cm³/mol. The van der Waals surface area contributed by atoms with Crippen LogP contribution >= 0.6 is 0 Å². The van der Waals surface area contributed by atoms with Crippen LogP contribution in [0.15, 0.2) is 70.6 Å². The molecular formula is C19H18N4O2. The van der Waals surface area contributed by atoms with Gasteiger partial charge in [0.2, 0.25) is 0 Å². The van der Waals surface area contributed by atoms with E-state index in [9.17, 15) is 9.59 Å². The van der Waals surface area contributed by atoms with Crippen LogP contribution in [0.4, 0.5) is 0 Å². The molecule has 0 fully saturated rings. The summed E-state index contributed by atoms with van der Waals surface area (Å²) in [5.74, 6) is -0.325. The lowest BCUT2D eigenvalue weighted by atomic mass is 10.2. The van der Waals surface area contributed by atoms with Crippen LogP contribution in [0, 0.1) is 6.92 Å². The molecule has 1 aromatic heterocycles. The Bertz CT molecular complexity index is 970. The monoisotopic (exact) mass is 334 g/mol. The molecule has 0 saturated carbocycles. The molecule has 1 N–H and O–H groups in total. The minimum atomic E-state index is -0.325. The van der Waals surface area contributed by atoms with E-state index in [1.54, 1.807) is 33.6 Å². The fraction of sp³-hybridized carbons (Fsp3) is 0.105. The average molecular weight is 334 g/mol. The van der Waals surface area contributed by atoms with Crippen LogP contribution in [0.2, 0.25) is 0 Å². The minimum absolute atomic E-state index is 0.191. The maximum atomic E-state index is 12.7. The molecule has 2 aromatic carbocycles. The summed E-state index contributed by atoms with van der Waals surface area (Å²) in [6.07, 6.45) is 1.39. The number of carbonyl (C=O) groups excluding carboxylic acids is 1. The SMILES string of the molecule is Cc1c(/C=N/NC(=O)c2ccccc2)c(=O)n(-c2ccccc2)n1C. The second kappa shape index (κ2) is 7.00. The molecule has 126 valence electrons. The predicted octanol–water partition coefficient (Wildman–Crippen LogP) is 2.25. The first-order valence-electron chi connectivity index (χ1n) is 7.82. The Morgan fingerprint density at radius 2 is 1.64 bits per heavy atom. The van der Waals surface area contributed by atoms with E-state index in [2.05, 4.69) is 10.5 Å². The zero-order chi connectivity index (χ0) is 17.8. The molecule has 0 saturated heterocycles. The summed E-state index contributed by atoms with van der Waals surface area (Å²) in [6, 6.07) is 18.1. The molecule has 0 aliphatic heterocycles. The molecule has 0 aliphatic rings. The highest BCUT2D eigenvalue weighted by molar-refractivity contribution is 5.94. The number of aromatic nitrogens is 2. The highest BCUT2D eigenvalue weighted by Crippen LogP contribution is 2.08. The first-order valence-corrected chi connectivity index (χ1v) is 7.82. The standard InChI is InChI=1S/C19H18N4O2/c1-14-17(13-20-21-18(24)15-9-5-3-6-10-15)19(25)23(22(14)2)16-11-7-4-8-12-16/h3-13H,1-2H3,(H,21,24)/b20-13+. The molecule has 0 bridgehead atoms. The summed E-state index contributed by atoms with van der Waals surface area (Å²) >= 11 is 0. The van der Waals surface area contributed by atoms with Crippen molar-refractivity contribution in [3.63, 3.8) is 0 Å². The molecule has 0 aliphatic carbocycles. The average Bonchev–Trinajstić information content (AvgIpc) is 2.86. The first kappa shape index (κ1) is 16.4. The van der Waals surface area contributed by atoms with Gasteiger partial charge in [-0.25, -0.2) is 10.1 Å². The van der Waals surface area contributed by atoms with Crippen LogP contribution in [0.3, 0.4) is 0 Å². The van der Waals surface area contributed by atoms with Crippen molar-refractivity contribution in [1.29, 1.82) is 0 Å². The van der Waals surface area contributed by atoms with Crippen LogP contribution in [-0.4, -0.2) is 21.5 Å². The Kier molecular flexibility index (Phi) is 4.61. The Balaban J connectivity index is 1.86. The summed E-state index contributed by atoms with van der Waals surface area (Å²) in [6.45, 7) is 1.83. The van der Waals surface area contributed by atoms with E-state index in [1.165, 1.54) is 6.21 Å². The summed E-state index contributed by atoms with van der Waals surface area (Å²) in [5, 5.41) is 3.94. The van der Waals surface area contributed by atoms with Crippen molar-refractivity contribution in [3.05, 3.63) is 87.8 Å². The fourth-order valence-corrected chi connectivity index (χ4v) is 2.55. The van der Waals surface area contributed by atoms with E-state index in [0.29, 0.717) is 11.1 Å². The number of carbonyl (C=O) groups is 1. The van der Waals surface area contributed by atoms with E-state index in [0.717, 1.165) is 11.4 Å². The summed E-state index contributed by atoms with van der Waals surface area (Å²) in [4.78, 5) is 24.7. The van der Waals surface area contributed by atoms with E-state index < -0.39 is 0 Å². The summed E-state index contributed by atoms with van der Waals surface area (Å²) in [5.41, 5.74) is 4.71. The molecule has 0 atom stereocenters. The van der Waals surface area contributed by atoms with Crippen LogP contribution in [0.25, 0.3) is 5.69 Å². The molecule has 6 nitrogen and oxygen atoms in total. The van der Waals surface area contributed by atoms with Crippen molar-refractivity contribution in [3.8, 4) is 5.69 Å². The molecule has 0 spiro atoms. The van der Waals surface area contributed by atoms with Crippen molar-refractivity contribution in [1.82, 2.24) is 14.8 Å². The van der Waals surface area contributed by atoms with Crippen LogP contribution in [0.1, 0.15) is 21.6 Å². The summed E-state index contributed by atoms with van der Waals surface area (Å²) < 4.78 is 3.33. The van der Waals surface area contributed by atoms with E-state index in [4.69, 9.17) is 0 Å². The number of hydrazone groups is 1. The zero-order valence-electron chi connectivity index (χ0n) is 14.0. The number of nitrogens with zero attached hydrogens (tertiary/aromatic N) is 3. The normalized spacial score (nSPS) is 11.0. The number of para-hydroxylation sites is 1. The third-order valence-corrected chi connectivity index (χ3v) is 3.99. The molecule has 0 unspecified atom stereocenters. The highest BCUT2D eigenvalue weighted by atomic mass is 16.2. The lowest BCUT2D eigenvalue weighted by Gasteiger charge is -2.07. The van der Waals surface area contributed by atoms with Gasteiger partial charge in [-0.1, -0.05) is 36.4 Å². The van der Waals surface area contributed by atoms with Crippen LogP contribution in [-0.2, 0) is 7.05 Å². The topological polar surface area (TPSA) is 68.4 Å². The van der Waals surface area contributed by atoms with Crippen LogP contribution in [0.5, 0.6) is 0 Å². The largest absolute Gasteiger partial charge is 0.285 e. The van der Waals surface area contributed by atoms with Crippen molar-refractivity contribution in [2.45, 2.75) is 6.92 Å². The van der Waals surface area contributed by atoms with Gasteiger partial charge in [-0.3, -0.25) is 14.3 Å². The lowest BCUT2D eigenvalue weighted by Crippen LogP contribution is -2.21. The lowest BCUT2D eigenvalue weighted by molar-refractivity contribution is 0.0955. The third-order valence-electron chi connectivity index (χ3n) is 3.99. The molecular weight excluding hydrogens is 316 g/mol. The van der Waals surface area contributed by atoms with Gasteiger partial charge in [0.1, 0.15) is 0 Å². The van der Waals surface area contributed by atoms with Gasteiger partial charge >= 0.3 is 0 Å². The number of benzene rings is 2. The van der Waals surface area contributed by atoms with Gasteiger partial charge in [0.05, 0.1) is 17.5 Å². The fourth-order valence-electron chi connectivity index (χ4n) is 2.55. The smallest absolute Gasteiger partial charge is 0.280 e. The van der Waals surface area contributed by atoms with Gasteiger partial charge in [-0.05, 0) is 31.2 Å². The zero-order valence-corrected chi connectivity index (χ0v) is 14.0. The van der Waals surface area contributed by atoms with Crippen molar-refractivity contribution < 1.29 is 4.79 Å². The Labute approximate surface area is 145 Å². The summed E-state index contributed by atoms with van der Waals surface area (Å²) in [7, 11) is 1.81. The quantitative estimate of drug-likeness (QED) is 0.587. The van der Waals surface area contributed by atoms with Gasteiger partial charge in [0, 0.05) is 18.3 Å². The molecule has 3 aromatic rings. The third kappa shape index (κ3) is 3.28. The van der Waals surface area contributed by atoms with Crippen molar-refractivity contribution in [2.75, 3.05) is 0 Å².